The highest BCUT2D eigenvalue weighted by Crippen LogP contribution is 2.21. The smallest absolute Gasteiger partial charge is 0.0468 e. The molecule has 0 aromatic heterocycles. The van der Waals surface area contributed by atoms with Crippen LogP contribution in [0.25, 0.3) is 0 Å². The first-order chi connectivity index (χ1) is 5.83. The lowest BCUT2D eigenvalue weighted by molar-refractivity contribution is 0.0664. The molecular weight excluding hydrogens is 150 g/mol. The van der Waals surface area contributed by atoms with Gasteiger partial charge < -0.3 is 10.1 Å². The Morgan fingerprint density at radius 2 is 2.17 bits per heavy atom. The molecule has 0 aromatic carbocycles. The molecule has 0 bridgehead atoms. The molecule has 1 heterocycles. The fraction of sp³-hybridized carbons (Fsp3) is 0.800. The Hall–Kier alpha value is -0.340. The summed E-state index contributed by atoms with van der Waals surface area (Å²) in [5, 5.41) is 3.13. The number of ether oxygens (including phenoxy) is 1. The van der Waals surface area contributed by atoms with E-state index in [-0.39, 0.29) is 0 Å². The predicted molar refractivity (Wildman–Crippen MR) is 51.2 cm³/mol. The second kappa shape index (κ2) is 5.33. The van der Waals surface area contributed by atoms with Crippen molar-refractivity contribution in [3.8, 4) is 0 Å². The molecule has 0 saturated carbocycles. The third-order valence-corrected chi connectivity index (χ3v) is 2.35. The molecule has 1 aliphatic rings. The summed E-state index contributed by atoms with van der Waals surface area (Å²) in [5.41, 5.74) is 1.32. The van der Waals surface area contributed by atoms with Crippen LogP contribution in [0.2, 0.25) is 0 Å². The molecule has 1 rings (SSSR count). The molecule has 0 aliphatic carbocycles. The maximum atomic E-state index is 5.30. The van der Waals surface area contributed by atoms with Gasteiger partial charge in [0.15, 0.2) is 0 Å². The van der Waals surface area contributed by atoms with Crippen molar-refractivity contribution in [1.29, 1.82) is 0 Å². The minimum atomic E-state index is 0.819. The first-order valence-electron chi connectivity index (χ1n) is 4.72. The molecule has 0 amide bonds. The van der Waals surface area contributed by atoms with Crippen molar-refractivity contribution in [2.75, 3.05) is 26.8 Å². The Labute approximate surface area is 75.0 Å². The number of hydrogen-bond acceptors (Lipinski definition) is 2. The van der Waals surface area contributed by atoms with E-state index in [1.807, 2.05) is 7.05 Å². The zero-order chi connectivity index (χ0) is 8.81. The average Bonchev–Trinajstić information content (AvgIpc) is 2.06. The lowest BCUT2D eigenvalue weighted by Crippen LogP contribution is -2.18. The van der Waals surface area contributed by atoms with Crippen molar-refractivity contribution in [1.82, 2.24) is 5.32 Å². The summed E-state index contributed by atoms with van der Waals surface area (Å²) in [6, 6.07) is 0. The van der Waals surface area contributed by atoms with E-state index in [0.29, 0.717) is 0 Å². The monoisotopic (exact) mass is 169 g/mol. The molecule has 0 unspecified atom stereocenters. The molecular formula is C10H19NO. The van der Waals surface area contributed by atoms with Gasteiger partial charge in [-0.2, -0.15) is 0 Å². The van der Waals surface area contributed by atoms with Gasteiger partial charge in [0.25, 0.3) is 0 Å². The van der Waals surface area contributed by atoms with Gasteiger partial charge in [-0.15, -0.1) is 0 Å². The molecule has 0 aromatic rings. The van der Waals surface area contributed by atoms with Gasteiger partial charge in [-0.05, 0) is 32.2 Å². The van der Waals surface area contributed by atoms with Crippen LogP contribution in [0, 0.1) is 5.92 Å². The average molecular weight is 169 g/mol. The summed E-state index contributed by atoms with van der Waals surface area (Å²) < 4.78 is 5.30. The van der Waals surface area contributed by atoms with E-state index in [1.165, 1.54) is 24.8 Å². The van der Waals surface area contributed by atoms with Crippen LogP contribution in [-0.4, -0.2) is 26.8 Å². The second-order valence-electron chi connectivity index (χ2n) is 3.54. The fourth-order valence-electron chi connectivity index (χ4n) is 1.68. The molecule has 1 aliphatic heterocycles. The Morgan fingerprint density at radius 3 is 2.75 bits per heavy atom. The molecule has 0 spiro atoms. The SMILES string of the molecule is C=C(CNC)CC1CCOCC1. The third kappa shape index (κ3) is 3.37. The van der Waals surface area contributed by atoms with Crippen molar-refractivity contribution in [3.05, 3.63) is 12.2 Å². The summed E-state index contributed by atoms with van der Waals surface area (Å²) in [4.78, 5) is 0. The van der Waals surface area contributed by atoms with Crippen molar-refractivity contribution in [2.24, 2.45) is 5.92 Å². The van der Waals surface area contributed by atoms with Gasteiger partial charge in [-0.3, -0.25) is 0 Å². The molecule has 2 heteroatoms. The second-order valence-corrected chi connectivity index (χ2v) is 3.54. The molecule has 1 N–H and O–H groups in total. The maximum absolute atomic E-state index is 5.30. The first kappa shape index (κ1) is 9.75. The molecule has 70 valence electrons. The number of hydrogen-bond donors (Lipinski definition) is 1. The maximum Gasteiger partial charge on any atom is 0.0468 e. The lowest BCUT2D eigenvalue weighted by atomic mass is 9.93. The van der Waals surface area contributed by atoms with E-state index in [9.17, 15) is 0 Å². The van der Waals surface area contributed by atoms with Gasteiger partial charge in [0.05, 0.1) is 0 Å². The standard InChI is InChI=1S/C10H19NO/c1-9(8-11-2)7-10-3-5-12-6-4-10/h10-11H,1,3-8H2,2H3. The Morgan fingerprint density at radius 1 is 1.50 bits per heavy atom. The number of nitrogens with one attached hydrogen (secondary N) is 1. The van der Waals surface area contributed by atoms with E-state index in [1.54, 1.807) is 0 Å². The molecule has 1 saturated heterocycles. The van der Waals surface area contributed by atoms with Gasteiger partial charge in [-0.25, -0.2) is 0 Å². The summed E-state index contributed by atoms with van der Waals surface area (Å²) >= 11 is 0. The highest BCUT2D eigenvalue weighted by atomic mass is 16.5. The zero-order valence-corrected chi connectivity index (χ0v) is 7.94. The quantitative estimate of drug-likeness (QED) is 0.645. The van der Waals surface area contributed by atoms with E-state index in [4.69, 9.17) is 4.74 Å². The van der Waals surface area contributed by atoms with Crippen molar-refractivity contribution >= 4 is 0 Å². The van der Waals surface area contributed by atoms with Crippen molar-refractivity contribution in [2.45, 2.75) is 19.3 Å². The topological polar surface area (TPSA) is 21.3 Å². The molecule has 1 fully saturated rings. The summed E-state index contributed by atoms with van der Waals surface area (Å²) in [5.74, 6) is 0.819. The summed E-state index contributed by atoms with van der Waals surface area (Å²) in [6.07, 6.45) is 3.59. The fourth-order valence-corrected chi connectivity index (χ4v) is 1.68. The van der Waals surface area contributed by atoms with Crippen molar-refractivity contribution < 1.29 is 4.74 Å². The van der Waals surface area contributed by atoms with E-state index in [2.05, 4.69) is 11.9 Å². The van der Waals surface area contributed by atoms with Crippen molar-refractivity contribution in [3.63, 3.8) is 0 Å². The van der Waals surface area contributed by atoms with Crippen LogP contribution in [0.15, 0.2) is 12.2 Å². The van der Waals surface area contributed by atoms with Crippen LogP contribution < -0.4 is 5.32 Å². The van der Waals surface area contributed by atoms with Crippen LogP contribution in [0.4, 0.5) is 0 Å². The molecule has 12 heavy (non-hydrogen) atoms. The number of likely N-dealkylation sites (N-methyl/N-ethyl adjacent to an activating group) is 1. The highest BCUT2D eigenvalue weighted by molar-refractivity contribution is 4.98. The Bertz CT molecular complexity index is 139. The van der Waals surface area contributed by atoms with E-state index < -0.39 is 0 Å². The van der Waals surface area contributed by atoms with Crippen LogP contribution in [0.3, 0.4) is 0 Å². The van der Waals surface area contributed by atoms with Gasteiger partial charge >= 0.3 is 0 Å². The molecule has 0 radical (unpaired) electrons. The predicted octanol–water partition coefficient (Wildman–Crippen LogP) is 1.58. The van der Waals surface area contributed by atoms with Gasteiger partial charge in [0.2, 0.25) is 0 Å². The molecule has 2 nitrogen and oxygen atoms in total. The minimum absolute atomic E-state index is 0.819. The summed E-state index contributed by atoms with van der Waals surface area (Å²) in [6.45, 7) is 6.87. The molecule has 0 atom stereocenters. The summed E-state index contributed by atoms with van der Waals surface area (Å²) in [7, 11) is 1.97. The van der Waals surface area contributed by atoms with Crippen LogP contribution in [0.5, 0.6) is 0 Å². The number of rotatable bonds is 4. The van der Waals surface area contributed by atoms with Crippen LogP contribution in [0.1, 0.15) is 19.3 Å². The zero-order valence-electron chi connectivity index (χ0n) is 7.94. The van der Waals surface area contributed by atoms with Gasteiger partial charge in [0.1, 0.15) is 0 Å². The Kier molecular flexibility index (Phi) is 4.33. The first-order valence-corrected chi connectivity index (χ1v) is 4.72. The third-order valence-electron chi connectivity index (χ3n) is 2.35. The van der Waals surface area contributed by atoms with Gasteiger partial charge in [-0.1, -0.05) is 12.2 Å². The highest BCUT2D eigenvalue weighted by Gasteiger charge is 2.13. The normalized spacial score (nSPS) is 19.4. The minimum Gasteiger partial charge on any atom is -0.381 e. The largest absolute Gasteiger partial charge is 0.381 e. The van der Waals surface area contributed by atoms with Crippen LogP contribution >= 0.6 is 0 Å². The van der Waals surface area contributed by atoms with Gasteiger partial charge in [0, 0.05) is 19.8 Å². The van der Waals surface area contributed by atoms with E-state index in [0.717, 1.165) is 25.7 Å². The lowest BCUT2D eigenvalue weighted by Gasteiger charge is -2.22. The van der Waals surface area contributed by atoms with Crippen LogP contribution in [-0.2, 0) is 4.74 Å². The van der Waals surface area contributed by atoms with E-state index >= 15 is 0 Å². The Balaban J connectivity index is 2.15.